The first-order valence-corrected chi connectivity index (χ1v) is 5.97. The molecule has 2 rings (SSSR count). The van der Waals surface area contributed by atoms with Gasteiger partial charge in [0.2, 0.25) is 0 Å². The van der Waals surface area contributed by atoms with E-state index in [9.17, 15) is 0 Å². The highest BCUT2D eigenvalue weighted by Gasteiger charge is 2.07. The molecule has 2 aromatic carbocycles. The van der Waals surface area contributed by atoms with E-state index >= 15 is 0 Å². The van der Waals surface area contributed by atoms with E-state index in [0.29, 0.717) is 11.8 Å². The van der Waals surface area contributed by atoms with Crippen molar-refractivity contribution in [1.29, 1.82) is 0 Å². The van der Waals surface area contributed by atoms with Gasteiger partial charge in [-0.25, -0.2) is 0 Å². The summed E-state index contributed by atoms with van der Waals surface area (Å²) in [6.45, 7) is 2.08. The number of halogens is 2. The van der Waals surface area contributed by atoms with Gasteiger partial charge in [0.05, 0.1) is 0 Å². The molecule has 0 saturated heterocycles. The molecule has 2 aromatic rings. The van der Waals surface area contributed by atoms with E-state index in [1.54, 1.807) is 0 Å². The van der Waals surface area contributed by atoms with Gasteiger partial charge in [-0.3, -0.25) is 0 Å². The highest BCUT2D eigenvalue weighted by molar-refractivity contribution is 6.19. The van der Waals surface area contributed by atoms with Crippen LogP contribution in [-0.2, 0) is 11.8 Å². The Labute approximate surface area is 99.8 Å². The molecule has 0 N–H and O–H groups in total. The fraction of sp³-hybridized carbons (Fsp3) is 0.231. The van der Waals surface area contributed by atoms with Gasteiger partial charge in [-0.15, -0.1) is 23.2 Å². The maximum atomic E-state index is 5.97. The summed E-state index contributed by atoms with van der Waals surface area (Å²) in [6.07, 6.45) is 0. The lowest BCUT2D eigenvalue weighted by Gasteiger charge is -2.11. The minimum atomic E-state index is 0.546. The summed E-state index contributed by atoms with van der Waals surface area (Å²) in [7, 11) is 0. The van der Waals surface area contributed by atoms with Crippen LogP contribution in [0.3, 0.4) is 0 Å². The summed E-state index contributed by atoms with van der Waals surface area (Å²) in [5.41, 5.74) is 3.61. The molecule has 2 heteroatoms. The molecule has 78 valence electrons. The number of rotatable bonds is 2. The molecular formula is C13H12Cl2. The Morgan fingerprint density at radius 3 is 2.27 bits per heavy atom. The topological polar surface area (TPSA) is 0 Å². The molecule has 0 saturated carbocycles. The van der Waals surface area contributed by atoms with Crippen LogP contribution in [-0.4, -0.2) is 0 Å². The molecule has 0 radical (unpaired) electrons. The van der Waals surface area contributed by atoms with Gasteiger partial charge in [0, 0.05) is 11.8 Å². The number of alkyl halides is 2. The smallest absolute Gasteiger partial charge is 0.0482 e. The Morgan fingerprint density at radius 2 is 1.67 bits per heavy atom. The number of benzene rings is 2. The van der Waals surface area contributed by atoms with Gasteiger partial charge in [-0.2, -0.15) is 0 Å². The Balaban J connectivity index is 2.86. The number of fused-ring (bicyclic) bond motifs is 1. The number of hydrogen-bond donors (Lipinski definition) is 0. The zero-order chi connectivity index (χ0) is 10.8. The molecule has 0 fully saturated rings. The molecule has 0 spiro atoms. The van der Waals surface area contributed by atoms with Crippen LogP contribution in [0.2, 0.25) is 0 Å². The molecule has 0 atom stereocenters. The molecule has 0 heterocycles. The second-order valence-corrected chi connectivity index (χ2v) is 4.18. The average molecular weight is 239 g/mol. The van der Waals surface area contributed by atoms with E-state index in [2.05, 4.69) is 25.1 Å². The second-order valence-electron chi connectivity index (χ2n) is 3.64. The first-order valence-electron chi connectivity index (χ1n) is 4.90. The predicted octanol–water partition coefficient (Wildman–Crippen LogP) is 4.63. The average Bonchev–Trinajstić information content (AvgIpc) is 2.28. The van der Waals surface area contributed by atoms with Crippen molar-refractivity contribution in [2.24, 2.45) is 0 Å². The van der Waals surface area contributed by atoms with Gasteiger partial charge in [0.25, 0.3) is 0 Å². The maximum absolute atomic E-state index is 5.97. The normalized spacial score (nSPS) is 10.9. The molecule has 0 amide bonds. The highest BCUT2D eigenvalue weighted by atomic mass is 35.5. The van der Waals surface area contributed by atoms with Crippen molar-refractivity contribution in [2.45, 2.75) is 18.7 Å². The molecule has 0 aromatic heterocycles. The van der Waals surface area contributed by atoms with Crippen molar-refractivity contribution in [3.63, 3.8) is 0 Å². The van der Waals surface area contributed by atoms with Gasteiger partial charge >= 0.3 is 0 Å². The van der Waals surface area contributed by atoms with Crippen molar-refractivity contribution in [1.82, 2.24) is 0 Å². The van der Waals surface area contributed by atoms with Gasteiger partial charge in [-0.1, -0.05) is 30.3 Å². The number of hydrogen-bond acceptors (Lipinski definition) is 0. The Morgan fingerprint density at radius 1 is 1.00 bits per heavy atom. The third-order valence-electron chi connectivity index (χ3n) is 2.74. The minimum Gasteiger partial charge on any atom is -0.122 e. The van der Waals surface area contributed by atoms with Crippen LogP contribution in [0.1, 0.15) is 16.7 Å². The van der Waals surface area contributed by atoms with Crippen LogP contribution >= 0.6 is 23.2 Å². The molecule has 15 heavy (non-hydrogen) atoms. The molecule has 0 aliphatic rings. The Bertz CT molecular complexity index is 489. The summed E-state index contributed by atoms with van der Waals surface area (Å²) in [4.78, 5) is 0. The van der Waals surface area contributed by atoms with Crippen molar-refractivity contribution in [3.8, 4) is 0 Å². The third kappa shape index (κ3) is 1.84. The van der Waals surface area contributed by atoms with E-state index < -0.39 is 0 Å². The van der Waals surface area contributed by atoms with Gasteiger partial charge in [0.15, 0.2) is 0 Å². The van der Waals surface area contributed by atoms with E-state index in [1.807, 2.05) is 12.1 Å². The zero-order valence-corrected chi connectivity index (χ0v) is 10.1. The fourth-order valence-corrected chi connectivity index (χ4v) is 2.53. The van der Waals surface area contributed by atoms with Crippen molar-refractivity contribution >= 4 is 34.0 Å². The van der Waals surface area contributed by atoms with Crippen LogP contribution in [0.5, 0.6) is 0 Å². The van der Waals surface area contributed by atoms with Gasteiger partial charge in [-0.05, 0) is 34.4 Å². The molecule has 0 aliphatic carbocycles. The van der Waals surface area contributed by atoms with E-state index in [-0.39, 0.29) is 0 Å². The molecule has 0 aliphatic heterocycles. The van der Waals surface area contributed by atoms with E-state index in [0.717, 1.165) is 0 Å². The SMILES string of the molecule is Cc1cc(CCl)c2ccccc2c1CCl. The lowest BCUT2D eigenvalue weighted by Crippen LogP contribution is -1.92. The first-order chi connectivity index (χ1) is 7.27. The first kappa shape index (κ1) is 10.8. The second kappa shape index (κ2) is 4.42. The molecule has 0 unspecified atom stereocenters. The predicted molar refractivity (Wildman–Crippen MR) is 67.8 cm³/mol. The fourth-order valence-electron chi connectivity index (χ4n) is 1.95. The molecular weight excluding hydrogens is 227 g/mol. The van der Waals surface area contributed by atoms with Crippen LogP contribution in [0.15, 0.2) is 30.3 Å². The summed E-state index contributed by atoms with van der Waals surface area (Å²) >= 11 is 11.9. The molecule has 0 bridgehead atoms. The lowest BCUT2D eigenvalue weighted by molar-refractivity contribution is 1.30. The standard InChI is InChI=1S/C13H12Cl2/c1-9-6-10(7-14)11-4-2-3-5-12(11)13(9)8-15/h2-6H,7-8H2,1H3. The van der Waals surface area contributed by atoms with Crippen molar-refractivity contribution in [3.05, 3.63) is 47.0 Å². The van der Waals surface area contributed by atoms with Crippen LogP contribution in [0.25, 0.3) is 10.8 Å². The largest absolute Gasteiger partial charge is 0.122 e. The highest BCUT2D eigenvalue weighted by Crippen LogP contribution is 2.28. The van der Waals surface area contributed by atoms with Gasteiger partial charge in [0.1, 0.15) is 0 Å². The van der Waals surface area contributed by atoms with Crippen LogP contribution < -0.4 is 0 Å². The number of aryl methyl sites for hydroxylation is 1. The minimum absolute atomic E-state index is 0.546. The summed E-state index contributed by atoms with van der Waals surface area (Å²) < 4.78 is 0. The van der Waals surface area contributed by atoms with Gasteiger partial charge < -0.3 is 0 Å². The quantitative estimate of drug-likeness (QED) is 0.670. The third-order valence-corrected chi connectivity index (χ3v) is 3.30. The summed E-state index contributed by atoms with van der Waals surface area (Å²) in [6, 6.07) is 10.4. The summed E-state index contributed by atoms with van der Waals surface area (Å²) in [5, 5.41) is 2.44. The molecule has 0 nitrogen and oxygen atoms in total. The lowest BCUT2D eigenvalue weighted by atomic mass is 9.97. The van der Waals surface area contributed by atoms with Crippen LogP contribution in [0.4, 0.5) is 0 Å². The Kier molecular flexibility index (Phi) is 3.18. The van der Waals surface area contributed by atoms with E-state index in [1.165, 1.54) is 27.5 Å². The Hall–Kier alpha value is -0.720. The monoisotopic (exact) mass is 238 g/mol. The van der Waals surface area contributed by atoms with E-state index in [4.69, 9.17) is 23.2 Å². The maximum Gasteiger partial charge on any atom is 0.0482 e. The summed E-state index contributed by atoms with van der Waals surface area (Å²) in [5.74, 6) is 1.10. The van der Waals surface area contributed by atoms with Crippen molar-refractivity contribution in [2.75, 3.05) is 0 Å². The zero-order valence-electron chi connectivity index (χ0n) is 8.56. The van der Waals surface area contributed by atoms with Crippen LogP contribution in [0, 0.1) is 6.92 Å². The van der Waals surface area contributed by atoms with Crippen molar-refractivity contribution < 1.29 is 0 Å².